The van der Waals surface area contributed by atoms with Crippen LogP contribution in [0, 0.1) is 0 Å². The van der Waals surface area contributed by atoms with E-state index in [-0.39, 0.29) is 42.8 Å². The van der Waals surface area contributed by atoms with Gasteiger partial charge in [0.2, 0.25) is 15.9 Å². The van der Waals surface area contributed by atoms with E-state index in [1.54, 1.807) is 51.4 Å². The molecule has 2 aromatic rings. The monoisotopic (exact) mass is 575 g/mol. The van der Waals surface area contributed by atoms with Crippen LogP contribution in [0.3, 0.4) is 0 Å². The second kappa shape index (κ2) is 12.8. The Labute approximate surface area is 235 Å². The van der Waals surface area contributed by atoms with Gasteiger partial charge in [0.25, 0.3) is 0 Å². The normalized spacial score (nSPS) is 15.8. The average molecular weight is 576 g/mol. The zero-order valence-electron chi connectivity index (χ0n) is 23.5. The molecule has 218 valence electrons. The first-order valence-electron chi connectivity index (χ1n) is 13.3. The minimum atomic E-state index is -3.80. The molecule has 0 aromatic heterocycles. The first-order valence-corrected chi connectivity index (χ1v) is 14.8. The molecule has 40 heavy (non-hydrogen) atoms. The molecule has 0 bridgehead atoms. The van der Waals surface area contributed by atoms with Gasteiger partial charge >= 0.3 is 5.97 Å². The SMILES string of the molecule is CCOC(=O)CCC(=O)N1CCN(c2cc(S(=O)(=O)N3CCc4cc(OC)c(OC)cc4C3)ccc2OC)CC1. The van der Waals surface area contributed by atoms with Crippen LogP contribution in [0.5, 0.6) is 17.2 Å². The lowest BCUT2D eigenvalue weighted by molar-refractivity contribution is -0.145. The quantitative estimate of drug-likeness (QED) is 0.394. The molecule has 2 heterocycles. The molecule has 1 saturated heterocycles. The number of rotatable bonds is 10. The van der Waals surface area contributed by atoms with Crippen molar-refractivity contribution < 1.29 is 37.0 Å². The molecule has 2 aliphatic rings. The average Bonchev–Trinajstić information content (AvgIpc) is 2.98. The summed E-state index contributed by atoms with van der Waals surface area (Å²) in [6, 6.07) is 8.63. The number of piperazine rings is 1. The third-order valence-electron chi connectivity index (χ3n) is 7.29. The van der Waals surface area contributed by atoms with Crippen molar-refractivity contribution in [3.8, 4) is 17.2 Å². The summed E-state index contributed by atoms with van der Waals surface area (Å²) in [5, 5.41) is 0. The van der Waals surface area contributed by atoms with Crippen LogP contribution in [0.2, 0.25) is 0 Å². The van der Waals surface area contributed by atoms with Gasteiger partial charge in [-0.25, -0.2) is 8.42 Å². The molecule has 2 aliphatic heterocycles. The van der Waals surface area contributed by atoms with Crippen molar-refractivity contribution in [3.63, 3.8) is 0 Å². The number of carbonyl (C=O) groups excluding carboxylic acids is 2. The molecule has 1 fully saturated rings. The Balaban J connectivity index is 1.48. The summed E-state index contributed by atoms with van der Waals surface area (Å²) in [7, 11) is 0.881. The van der Waals surface area contributed by atoms with Gasteiger partial charge in [-0.15, -0.1) is 0 Å². The molecule has 12 heteroatoms. The topological polar surface area (TPSA) is 115 Å². The molecule has 2 aromatic carbocycles. The number of amides is 1. The highest BCUT2D eigenvalue weighted by atomic mass is 32.2. The summed E-state index contributed by atoms with van der Waals surface area (Å²) in [6.45, 7) is 4.51. The third-order valence-corrected chi connectivity index (χ3v) is 9.13. The number of benzene rings is 2. The van der Waals surface area contributed by atoms with Crippen molar-refractivity contribution >= 4 is 27.6 Å². The van der Waals surface area contributed by atoms with Gasteiger partial charge in [-0.3, -0.25) is 9.59 Å². The lowest BCUT2D eigenvalue weighted by atomic mass is 10.0. The van der Waals surface area contributed by atoms with Gasteiger partial charge in [-0.2, -0.15) is 4.31 Å². The minimum Gasteiger partial charge on any atom is -0.495 e. The maximum absolute atomic E-state index is 13.7. The number of nitrogens with zero attached hydrogens (tertiary/aromatic N) is 3. The van der Waals surface area contributed by atoms with Crippen LogP contribution in [0.1, 0.15) is 30.9 Å². The van der Waals surface area contributed by atoms with Crippen molar-refractivity contribution in [2.75, 3.05) is 65.6 Å². The summed E-state index contributed by atoms with van der Waals surface area (Å²) in [4.78, 5) is 28.1. The number of sulfonamides is 1. The molecule has 0 aliphatic carbocycles. The number of carbonyl (C=O) groups is 2. The van der Waals surface area contributed by atoms with Crippen LogP contribution in [-0.4, -0.2) is 90.2 Å². The van der Waals surface area contributed by atoms with E-state index in [4.69, 9.17) is 18.9 Å². The Bertz CT molecular complexity index is 1340. The van der Waals surface area contributed by atoms with Crippen molar-refractivity contribution in [2.24, 2.45) is 0 Å². The van der Waals surface area contributed by atoms with E-state index in [0.717, 1.165) is 11.1 Å². The molecule has 11 nitrogen and oxygen atoms in total. The smallest absolute Gasteiger partial charge is 0.306 e. The zero-order valence-corrected chi connectivity index (χ0v) is 24.3. The maximum Gasteiger partial charge on any atom is 0.306 e. The third kappa shape index (κ3) is 6.28. The van der Waals surface area contributed by atoms with Gasteiger partial charge in [0.15, 0.2) is 11.5 Å². The number of methoxy groups -OCH3 is 3. The van der Waals surface area contributed by atoms with Crippen LogP contribution in [0.4, 0.5) is 5.69 Å². The van der Waals surface area contributed by atoms with E-state index in [9.17, 15) is 18.0 Å². The highest BCUT2D eigenvalue weighted by molar-refractivity contribution is 7.89. The molecule has 0 N–H and O–H groups in total. The fourth-order valence-electron chi connectivity index (χ4n) is 5.09. The van der Waals surface area contributed by atoms with Gasteiger partial charge in [-0.1, -0.05) is 0 Å². The highest BCUT2D eigenvalue weighted by Gasteiger charge is 2.31. The number of fused-ring (bicyclic) bond motifs is 1. The summed E-state index contributed by atoms with van der Waals surface area (Å²) in [6.07, 6.45) is 0.722. The molecular weight excluding hydrogens is 538 g/mol. The van der Waals surface area contributed by atoms with Gasteiger partial charge in [0.05, 0.1) is 44.9 Å². The summed E-state index contributed by atoms with van der Waals surface area (Å²) < 4.78 is 50.2. The predicted molar refractivity (Wildman–Crippen MR) is 148 cm³/mol. The zero-order chi connectivity index (χ0) is 28.9. The minimum absolute atomic E-state index is 0.0575. The van der Waals surface area contributed by atoms with Crippen molar-refractivity contribution in [1.29, 1.82) is 0 Å². The molecule has 0 saturated carbocycles. The van der Waals surface area contributed by atoms with Crippen molar-refractivity contribution in [3.05, 3.63) is 41.5 Å². The van der Waals surface area contributed by atoms with Crippen LogP contribution in [0.25, 0.3) is 0 Å². The molecule has 0 radical (unpaired) electrons. The number of anilines is 1. The van der Waals surface area contributed by atoms with Gasteiger partial charge < -0.3 is 28.7 Å². The lowest BCUT2D eigenvalue weighted by Crippen LogP contribution is -2.49. The Hall–Kier alpha value is -3.51. The van der Waals surface area contributed by atoms with Gasteiger partial charge in [-0.05, 0) is 54.8 Å². The molecular formula is C28H37N3O8S. The fourth-order valence-corrected chi connectivity index (χ4v) is 6.53. The van der Waals surface area contributed by atoms with Crippen LogP contribution >= 0.6 is 0 Å². The number of esters is 1. The molecule has 1 amide bonds. The highest BCUT2D eigenvalue weighted by Crippen LogP contribution is 2.36. The second-order valence-electron chi connectivity index (χ2n) is 9.57. The van der Waals surface area contributed by atoms with Crippen LogP contribution in [0.15, 0.2) is 35.2 Å². The standard InChI is InChI=1S/C28H37N3O8S/c1-5-39-28(33)9-8-27(32)30-14-12-29(13-15-30)23-18-22(6-7-24(23)36-2)40(34,35)31-11-10-20-16-25(37-3)26(38-4)17-21(20)19-31/h6-7,16-18H,5,8-15,19H2,1-4H3. The van der Waals surface area contributed by atoms with E-state index in [1.165, 1.54) is 4.31 Å². The van der Waals surface area contributed by atoms with Crippen LogP contribution < -0.4 is 19.1 Å². The largest absolute Gasteiger partial charge is 0.495 e. The summed E-state index contributed by atoms with van der Waals surface area (Å²) in [5.74, 6) is 1.26. The Kier molecular flexibility index (Phi) is 9.41. The number of hydrogen-bond donors (Lipinski definition) is 0. The first kappa shape index (κ1) is 29.5. The lowest BCUT2D eigenvalue weighted by Gasteiger charge is -2.37. The molecule has 4 rings (SSSR count). The number of ether oxygens (including phenoxy) is 4. The Morgan fingerprint density at radius 2 is 1.48 bits per heavy atom. The second-order valence-corrected chi connectivity index (χ2v) is 11.5. The van der Waals surface area contributed by atoms with E-state index < -0.39 is 10.0 Å². The summed E-state index contributed by atoms with van der Waals surface area (Å²) in [5.41, 5.74) is 2.57. The summed E-state index contributed by atoms with van der Waals surface area (Å²) >= 11 is 0. The van der Waals surface area contributed by atoms with E-state index in [0.29, 0.717) is 62.1 Å². The fraction of sp³-hybridized carbons (Fsp3) is 0.500. The van der Waals surface area contributed by atoms with Gasteiger partial charge in [0, 0.05) is 45.7 Å². The maximum atomic E-state index is 13.7. The van der Waals surface area contributed by atoms with Crippen molar-refractivity contribution in [1.82, 2.24) is 9.21 Å². The van der Waals surface area contributed by atoms with E-state index in [1.807, 2.05) is 17.0 Å². The molecule has 0 atom stereocenters. The van der Waals surface area contributed by atoms with E-state index in [2.05, 4.69) is 0 Å². The van der Waals surface area contributed by atoms with Gasteiger partial charge in [0.1, 0.15) is 5.75 Å². The Morgan fingerprint density at radius 1 is 0.825 bits per heavy atom. The number of hydrogen-bond acceptors (Lipinski definition) is 9. The predicted octanol–water partition coefficient (Wildman–Crippen LogP) is 2.45. The Morgan fingerprint density at radius 3 is 2.10 bits per heavy atom. The van der Waals surface area contributed by atoms with Crippen LogP contribution in [-0.2, 0) is 37.3 Å². The van der Waals surface area contributed by atoms with Crippen molar-refractivity contribution in [2.45, 2.75) is 37.6 Å². The van der Waals surface area contributed by atoms with E-state index >= 15 is 0 Å². The first-order chi connectivity index (χ1) is 19.2. The molecule has 0 spiro atoms. The molecule has 0 unspecified atom stereocenters.